The second-order valence-electron chi connectivity index (χ2n) is 5.10. The molecule has 1 aromatic carbocycles. The minimum atomic E-state index is 0.135. The third kappa shape index (κ3) is 3.36. The van der Waals surface area contributed by atoms with E-state index in [4.69, 9.17) is 0 Å². The Hall–Kier alpha value is -1.77. The summed E-state index contributed by atoms with van der Waals surface area (Å²) in [7, 11) is 0. The van der Waals surface area contributed by atoms with E-state index in [0.29, 0.717) is 12.3 Å². The molecular weight excluding hydrogens is 224 g/mol. The number of amides is 1. The molecule has 0 aliphatic carbocycles. The third-order valence-corrected chi connectivity index (χ3v) is 2.97. The predicted octanol–water partition coefficient (Wildman–Crippen LogP) is 2.87. The van der Waals surface area contributed by atoms with E-state index in [0.717, 1.165) is 18.5 Å². The van der Waals surface area contributed by atoms with Crippen LogP contribution in [0.3, 0.4) is 0 Å². The first-order chi connectivity index (χ1) is 8.65. The van der Waals surface area contributed by atoms with E-state index in [9.17, 15) is 4.79 Å². The molecule has 0 unspecified atom stereocenters. The van der Waals surface area contributed by atoms with E-state index < -0.39 is 0 Å². The van der Waals surface area contributed by atoms with Crippen molar-refractivity contribution in [2.45, 2.75) is 26.7 Å². The van der Waals surface area contributed by atoms with Crippen LogP contribution in [0.2, 0.25) is 0 Å². The van der Waals surface area contributed by atoms with E-state index in [1.807, 2.05) is 6.20 Å². The maximum atomic E-state index is 11.6. The van der Waals surface area contributed by atoms with Crippen LogP contribution in [-0.2, 0) is 11.2 Å². The van der Waals surface area contributed by atoms with Gasteiger partial charge in [-0.2, -0.15) is 0 Å². The number of aromatic amines is 1. The van der Waals surface area contributed by atoms with Crippen LogP contribution >= 0.6 is 0 Å². The molecule has 2 aromatic rings. The number of nitrogens with one attached hydrogen (secondary N) is 2. The van der Waals surface area contributed by atoms with E-state index in [2.05, 4.69) is 48.4 Å². The number of aryl methyl sites for hydroxylation is 1. The van der Waals surface area contributed by atoms with Gasteiger partial charge < -0.3 is 10.3 Å². The lowest BCUT2D eigenvalue weighted by Gasteiger charge is -2.07. The molecule has 0 aliphatic heterocycles. The van der Waals surface area contributed by atoms with Gasteiger partial charge in [0.25, 0.3) is 0 Å². The summed E-state index contributed by atoms with van der Waals surface area (Å²) in [5.74, 6) is 0.638. The summed E-state index contributed by atoms with van der Waals surface area (Å²) in [4.78, 5) is 14.8. The zero-order chi connectivity index (χ0) is 13.0. The lowest BCUT2D eigenvalue weighted by Crippen LogP contribution is -2.27. The summed E-state index contributed by atoms with van der Waals surface area (Å²) in [6, 6.07) is 8.35. The normalized spacial score (nSPS) is 11.1. The Morgan fingerprint density at radius 1 is 1.33 bits per heavy atom. The molecule has 3 heteroatoms. The van der Waals surface area contributed by atoms with Gasteiger partial charge in [0.2, 0.25) is 5.91 Å². The third-order valence-electron chi connectivity index (χ3n) is 2.97. The van der Waals surface area contributed by atoms with Gasteiger partial charge in [0.15, 0.2) is 0 Å². The molecule has 0 saturated heterocycles. The Bertz CT molecular complexity index is 528. The Kier molecular flexibility index (Phi) is 4.03. The number of aromatic nitrogens is 1. The van der Waals surface area contributed by atoms with Crippen LogP contribution in [0.15, 0.2) is 30.5 Å². The molecule has 18 heavy (non-hydrogen) atoms. The van der Waals surface area contributed by atoms with Crippen molar-refractivity contribution < 1.29 is 4.79 Å². The zero-order valence-corrected chi connectivity index (χ0v) is 11.0. The highest BCUT2D eigenvalue weighted by Crippen LogP contribution is 2.15. The van der Waals surface area contributed by atoms with Gasteiger partial charge in [0.1, 0.15) is 0 Å². The molecule has 2 N–H and O–H groups in total. The molecule has 0 spiro atoms. The van der Waals surface area contributed by atoms with Crippen molar-refractivity contribution in [3.63, 3.8) is 0 Å². The number of carbonyl (C=O) groups is 1. The smallest absolute Gasteiger partial charge is 0.220 e. The average molecular weight is 244 g/mol. The van der Waals surface area contributed by atoms with Gasteiger partial charge in [-0.3, -0.25) is 4.79 Å². The Labute approximate surface area is 108 Å². The second kappa shape index (κ2) is 5.71. The molecule has 2 rings (SSSR count). The molecule has 1 amide bonds. The van der Waals surface area contributed by atoms with Crippen molar-refractivity contribution >= 4 is 16.8 Å². The quantitative estimate of drug-likeness (QED) is 0.834. The van der Waals surface area contributed by atoms with E-state index in [1.165, 1.54) is 10.9 Å². The fourth-order valence-electron chi connectivity index (χ4n) is 1.91. The minimum absolute atomic E-state index is 0.135. The van der Waals surface area contributed by atoms with Crippen LogP contribution in [-0.4, -0.2) is 17.4 Å². The number of rotatable bonds is 5. The number of hydrogen-bond acceptors (Lipinski definition) is 1. The topological polar surface area (TPSA) is 44.9 Å². The first kappa shape index (κ1) is 12.7. The minimum Gasteiger partial charge on any atom is -0.361 e. The molecular formula is C15H20N2O. The van der Waals surface area contributed by atoms with Gasteiger partial charge in [0.05, 0.1) is 0 Å². The second-order valence-corrected chi connectivity index (χ2v) is 5.10. The highest BCUT2D eigenvalue weighted by Gasteiger charge is 2.04. The lowest BCUT2D eigenvalue weighted by atomic mass is 10.1. The van der Waals surface area contributed by atoms with Crippen LogP contribution < -0.4 is 5.32 Å². The van der Waals surface area contributed by atoms with Crippen molar-refractivity contribution in [2.75, 3.05) is 6.54 Å². The number of benzene rings is 1. The fourth-order valence-corrected chi connectivity index (χ4v) is 1.91. The zero-order valence-electron chi connectivity index (χ0n) is 11.0. The molecule has 3 nitrogen and oxygen atoms in total. The van der Waals surface area contributed by atoms with Crippen molar-refractivity contribution in [1.82, 2.24) is 10.3 Å². The molecule has 0 radical (unpaired) electrons. The molecule has 0 fully saturated rings. The van der Waals surface area contributed by atoms with E-state index >= 15 is 0 Å². The fraction of sp³-hybridized carbons (Fsp3) is 0.400. The summed E-state index contributed by atoms with van der Waals surface area (Å²) in [6.45, 7) is 4.95. The Morgan fingerprint density at radius 2 is 2.17 bits per heavy atom. The Balaban J connectivity index is 1.87. The summed E-state index contributed by atoms with van der Waals surface area (Å²) in [5.41, 5.74) is 2.33. The molecule has 0 bridgehead atoms. The van der Waals surface area contributed by atoms with Crippen LogP contribution in [0.4, 0.5) is 0 Å². The lowest BCUT2D eigenvalue weighted by molar-refractivity contribution is -0.121. The van der Waals surface area contributed by atoms with Crippen molar-refractivity contribution in [3.05, 3.63) is 36.0 Å². The average Bonchev–Trinajstić information content (AvgIpc) is 2.81. The SMILES string of the molecule is CC(C)CNC(=O)CCc1ccc2cc[nH]c2c1. The predicted molar refractivity (Wildman–Crippen MR) is 74.5 cm³/mol. The van der Waals surface area contributed by atoms with E-state index in [-0.39, 0.29) is 5.91 Å². The monoisotopic (exact) mass is 244 g/mol. The molecule has 1 aromatic heterocycles. The van der Waals surface area contributed by atoms with Gasteiger partial charge in [-0.15, -0.1) is 0 Å². The van der Waals surface area contributed by atoms with Crippen molar-refractivity contribution in [3.8, 4) is 0 Å². The number of carbonyl (C=O) groups excluding carboxylic acids is 1. The van der Waals surface area contributed by atoms with Crippen molar-refractivity contribution in [2.24, 2.45) is 5.92 Å². The van der Waals surface area contributed by atoms with Gasteiger partial charge in [0, 0.05) is 24.7 Å². The largest absolute Gasteiger partial charge is 0.361 e. The van der Waals surface area contributed by atoms with Crippen molar-refractivity contribution in [1.29, 1.82) is 0 Å². The van der Waals surface area contributed by atoms with Crippen LogP contribution in [0.5, 0.6) is 0 Å². The van der Waals surface area contributed by atoms with Crippen LogP contribution in [0.1, 0.15) is 25.8 Å². The van der Waals surface area contributed by atoms with Gasteiger partial charge >= 0.3 is 0 Å². The highest BCUT2D eigenvalue weighted by molar-refractivity contribution is 5.80. The molecule has 0 atom stereocenters. The molecule has 1 heterocycles. The van der Waals surface area contributed by atoms with Crippen LogP contribution in [0.25, 0.3) is 10.9 Å². The molecule has 0 saturated carbocycles. The van der Waals surface area contributed by atoms with Gasteiger partial charge in [-0.05, 0) is 35.4 Å². The highest BCUT2D eigenvalue weighted by atomic mass is 16.1. The number of fused-ring (bicyclic) bond motifs is 1. The summed E-state index contributed by atoms with van der Waals surface area (Å²) >= 11 is 0. The number of hydrogen-bond donors (Lipinski definition) is 2. The standard InChI is InChI=1S/C15H20N2O/c1-11(2)10-17-15(18)6-4-12-3-5-13-7-8-16-14(13)9-12/h3,5,7-9,11,16H,4,6,10H2,1-2H3,(H,17,18). The maximum Gasteiger partial charge on any atom is 0.220 e. The number of H-pyrrole nitrogens is 1. The first-order valence-corrected chi connectivity index (χ1v) is 6.48. The summed E-state index contributed by atoms with van der Waals surface area (Å²) in [6.07, 6.45) is 3.28. The van der Waals surface area contributed by atoms with Gasteiger partial charge in [-0.25, -0.2) is 0 Å². The molecule has 0 aliphatic rings. The Morgan fingerprint density at radius 3 is 2.94 bits per heavy atom. The van der Waals surface area contributed by atoms with E-state index in [1.54, 1.807) is 0 Å². The maximum absolute atomic E-state index is 11.6. The summed E-state index contributed by atoms with van der Waals surface area (Å²) < 4.78 is 0. The molecule has 96 valence electrons. The first-order valence-electron chi connectivity index (χ1n) is 6.48. The van der Waals surface area contributed by atoms with Gasteiger partial charge in [-0.1, -0.05) is 26.0 Å². The van der Waals surface area contributed by atoms with Crippen LogP contribution in [0, 0.1) is 5.92 Å². The summed E-state index contributed by atoms with van der Waals surface area (Å²) in [5, 5.41) is 4.15.